The number of anilines is 2. The molecule has 0 aliphatic heterocycles. The van der Waals surface area contributed by atoms with Crippen molar-refractivity contribution in [2.45, 2.75) is 20.8 Å². The van der Waals surface area contributed by atoms with Gasteiger partial charge in [0.25, 0.3) is 0 Å². The van der Waals surface area contributed by atoms with Crippen LogP contribution in [0.5, 0.6) is 0 Å². The van der Waals surface area contributed by atoms with Crippen molar-refractivity contribution in [1.29, 1.82) is 0 Å². The van der Waals surface area contributed by atoms with Gasteiger partial charge in [-0.15, -0.1) is 11.3 Å². The maximum Gasteiger partial charge on any atom is 0.152 e. The first kappa shape index (κ1) is 13.4. The Hall–Kier alpha value is -1.58. The number of fused-ring (bicyclic) bond motifs is 1. The summed E-state index contributed by atoms with van der Waals surface area (Å²) in [6.07, 6.45) is 1.69. The molecule has 0 saturated heterocycles. The molecule has 0 unspecified atom stereocenters. The summed E-state index contributed by atoms with van der Waals surface area (Å²) in [6, 6.07) is 8.10. The number of nitrogens with zero attached hydrogens (tertiary/aromatic N) is 1. The van der Waals surface area contributed by atoms with Crippen LogP contribution in [0.2, 0.25) is 5.15 Å². The Morgan fingerprint density at radius 1 is 1.05 bits per heavy atom. The highest BCUT2D eigenvalue weighted by Gasteiger charge is 2.11. The monoisotopic (exact) mass is 302 g/mol. The van der Waals surface area contributed by atoms with E-state index in [-0.39, 0.29) is 0 Å². The third-order valence-corrected chi connectivity index (χ3v) is 5.27. The number of benzene rings is 1. The zero-order valence-electron chi connectivity index (χ0n) is 11.6. The molecule has 20 heavy (non-hydrogen) atoms. The summed E-state index contributed by atoms with van der Waals surface area (Å²) >= 11 is 7.95. The molecule has 2 aromatic heterocycles. The van der Waals surface area contributed by atoms with E-state index in [0.29, 0.717) is 5.15 Å². The minimum atomic E-state index is 0.491. The molecule has 0 aliphatic rings. The summed E-state index contributed by atoms with van der Waals surface area (Å²) in [6.45, 7) is 6.49. The Labute approximate surface area is 127 Å². The molecule has 2 nitrogen and oxygen atoms in total. The number of aromatic nitrogens is 1. The average molecular weight is 303 g/mol. The quantitative estimate of drug-likeness (QED) is 0.622. The highest BCUT2D eigenvalue weighted by molar-refractivity contribution is 7.19. The van der Waals surface area contributed by atoms with Crippen molar-refractivity contribution >= 4 is 44.4 Å². The number of hydrogen-bond donors (Lipinski definition) is 1. The van der Waals surface area contributed by atoms with Gasteiger partial charge in [-0.2, -0.15) is 0 Å². The maximum atomic E-state index is 6.10. The van der Waals surface area contributed by atoms with E-state index < -0.39 is 0 Å². The minimum absolute atomic E-state index is 0.491. The van der Waals surface area contributed by atoms with E-state index in [2.05, 4.69) is 43.2 Å². The number of aryl methyl sites for hydroxylation is 3. The molecule has 0 aliphatic carbocycles. The van der Waals surface area contributed by atoms with Crippen molar-refractivity contribution in [2.24, 2.45) is 0 Å². The van der Waals surface area contributed by atoms with Crippen LogP contribution in [-0.2, 0) is 0 Å². The van der Waals surface area contributed by atoms with E-state index >= 15 is 0 Å². The van der Waals surface area contributed by atoms with Crippen LogP contribution in [0.15, 0.2) is 30.5 Å². The highest BCUT2D eigenvalue weighted by Crippen LogP contribution is 2.37. The largest absolute Gasteiger partial charge is 0.353 e. The Morgan fingerprint density at radius 3 is 2.60 bits per heavy atom. The van der Waals surface area contributed by atoms with Crippen LogP contribution in [0.3, 0.4) is 0 Å². The van der Waals surface area contributed by atoms with Gasteiger partial charge in [0.05, 0.1) is 5.69 Å². The maximum absolute atomic E-state index is 6.10. The average Bonchev–Trinajstić information content (AvgIpc) is 2.72. The number of thiophene rings is 1. The van der Waals surface area contributed by atoms with Gasteiger partial charge in [0.1, 0.15) is 0 Å². The molecule has 0 atom stereocenters. The molecule has 3 rings (SSSR count). The molecular formula is C16H15ClN2S. The third-order valence-electron chi connectivity index (χ3n) is 3.62. The molecule has 3 aromatic rings. The molecule has 0 saturated carbocycles. The topological polar surface area (TPSA) is 24.9 Å². The molecule has 0 bridgehead atoms. The standard InChI is InChI=1S/C16H15ClN2S/c1-9-11(3)20-15-10(2)13(7-6-12(9)15)19-14-5-4-8-18-16(14)17/h4-8,19H,1-3H3. The molecule has 2 heterocycles. The summed E-state index contributed by atoms with van der Waals surface area (Å²) in [5, 5.41) is 5.21. The van der Waals surface area contributed by atoms with E-state index in [0.717, 1.165) is 11.4 Å². The molecule has 1 N–H and O–H groups in total. The molecule has 0 amide bonds. The van der Waals surface area contributed by atoms with Crippen LogP contribution in [0, 0.1) is 20.8 Å². The number of rotatable bonds is 2. The van der Waals surface area contributed by atoms with Crippen molar-refractivity contribution in [3.8, 4) is 0 Å². The van der Waals surface area contributed by atoms with Crippen molar-refractivity contribution in [1.82, 2.24) is 4.98 Å². The van der Waals surface area contributed by atoms with E-state index in [1.807, 2.05) is 23.5 Å². The van der Waals surface area contributed by atoms with Gasteiger partial charge in [-0.25, -0.2) is 4.98 Å². The first-order valence-corrected chi connectivity index (χ1v) is 7.64. The Bertz CT molecular complexity index is 793. The Balaban J connectivity index is 2.09. The molecule has 0 spiro atoms. The number of hydrogen-bond acceptors (Lipinski definition) is 3. The third kappa shape index (κ3) is 2.17. The molecular weight excluding hydrogens is 288 g/mol. The fraction of sp³-hybridized carbons (Fsp3) is 0.188. The number of pyridine rings is 1. The van der Waals surface area contributed by atoms with E-state index in [1.54, 1.807) is 6.20 Å². The lowest BCUT2D eigenvalue weighted by atomic mass is 10.1. The molecule has 0 fully saturated rings. The van der Waals surface area contributed by atoms with Gasteiger partial charge in [-0.05, 0) is 55.5 Å². The lowest BCUT2D eigenvalue weighted by Crippen LogP contribution is -1.94. The van der Waals surface area contributed by atoms with Gasteiger partial charge in [0.15, 0.2) is 5.15 Å². The SMILES string of the molecule is Cc1sc2c(C)c(Nc3cccnc3Cl)ccc2c1C. The van der Waals surface area contributed by atoms with E-state index in [4.69, 9.17) is 11.6 Å². The summed E-state index contributed by atoms with van der Waals surface area (Å²) in [4.78, 5) is 5.47. The van der Waals surface area contributed by atoms with E-state index in [1.165, 1.54) is 26.1 Å². The minimum Gasteiger partial charge on any atom is -0.353 e. The normalized spacial score (nSPS) is 11.0. The van der Waals surface area contributed by atoms with Crippen LogP contribution in [0.4, 0.5) is 11.4 Å². The second kappa shape index (κ2) is 5.08. The summed E-state index contributed by atoms with van der Waals surface area (Å²) in [7, 11) is 0. The molecule has 102 valence electrons. The van der Waals surface area contributed by atoms with Gasteiger partial charge in [0, 0.05) is 21.5 Å². The zero-order valence-corrected chi connectivity index (χ0v) is 13.2. The van der Waals surface area contributed by atoms with Crippen molar-refractivity contribution in [2.75, 3.05) is 5.32 Å². The highest BCUT2D eigenvalue weighted by atomic mass is 35.5. The molecule has 1 aromatic carbocycles. The first-order valence-electron chi connectivity index (χ1n) is 6.45. The second-order valence-electron chi connectivity index (χ2n) is 4.86. The number of nitrogens with one attached hydrogen (secondary N) is 1. The summed E-state index contributed by atoms with van der Waals surface area (Å²) in [5.41, 5.74) is 4.54. The van der Waals surface area contributed by atoms with Crippen molar-refractivity contribution in [3.05, 3.63) is 51.6 Å². The fourth-order valence-corrected chi connectivity index (χ4v) is 3.63. The van der Waals surface area contributed by atoms with Gasteiger partial charge in [-0.1, -0.05) is 17.7 Å². The predicted octanol–water partition coefficient (Wildman–Crippen LogP) is 5.62. The van der Waals surface area contributed by atoms with E-state index in [9.17, 15) is 0 Å². The van der Waals surface area contributed by atoms with Crippen LogP contribution < -0.4 is 5.32 Å². The molecule has 0 radical (unpaired) electrons. The zero-order chi connectivity index (χ0) is 14.3. The van der Waals surface area contributed by atoms with Crippen LogP contribution in [-0.4, -0.2) is 4.98 Å². The van der Waals surface area contributed by atoms with Gasteiger partial charge in [-0.3, -0.25) is 0 Å². The van der Waals surface area contributed by atoms with Gasteiger partial charge >= 0.3 is 0 Å². The van der Waals surface area contributed by atoms with Crippen LogP contribution in [0.1, 0.15) is 16.0 Å². The van der Waals surface area contributed by atoms with Crippen LogP contribution in [0.25, 0.3) is 10.1 Å². The predicted molar refractivity (Wildman–Crippen MR) is 88.6 cm³/mol. The smallest absolute Gasteiger partial charge is 0.152 e. The first-order chi connectivity index (χ1) is 9.58. The second-order valence-corrected chi connectivity index (χ2v) is 6.45. The lowest BCUT2D eigenvalue weighted by Gasteiger charge is -2.11. The van der Waals surface area contributed by atoms with Crippen molar-refractivity contribution in [3.63, 3.8) is 0 Å². The Kier molecular flexibility index (Phi) is 3.40. The summed E-state index contributed by atoms with van der Waals surface area (Å²) < 4.78 is 1.34. The van der Waals surface area contributed by atoms with Crippen LogP contribution >= 0.6 is 22.9 Å². The number of halogens is 1. The fourth-order valence-electron chi connectivity index (χ4n) is 2.30. The summed E-state index contributed by atoms with van der Waals surface area (Å²) in [5.74, 6) is 0. The molecule has 4 heteroatoms. The van der Waals surface area contributed by atoms with Crippen molar-refractivity contribution < 1.29 is 0 Å². The lowest BCUT2D eigenvalue weighted by molar-refractivity contribution is 1.32. The van der Waals surface area contributed by atoms with Gasteiger partial charge in [0.2, 0.25) is 0 Å². The van der Waals surface area contributed by atoms with Gasteiger partial charge < -0.3 is 5.32 Å². The Morgan fingerprint density at radius 2 is 1.85 bits per heavy atom.